The third kappa shape index (κ3) is 2.93. The lowest BCUT2D eigenvalue weighted by molar-refractivity contribution is -0.125. The lowest BCUT2D eigenvalue weighted by Crippen LogP contribution is -2.49. The molecule has 2 saturated heterocycles. The molecule has 118 valence electrons. The molecule has 4 nitrogen and oxygen atoms in total. The Bertz CT molecular complexity index is 489. The van der Waals surface area contributed by atoms with Crippen LogP contribution in [0.25, 0.3) is 0 Å². The Balaban J connectivity index is 0.00000110. The summed E-state index contributed by atoms with van der Waals surface area (Å²) in [5.41, 5.74) is 3.08. The minimum atomic E-state index is -0.214. The first-order valence-corrected chi connectivity index (χ1v) is 7.26. The number of rotatable bonds is 2. The first kappa shape index (κ1) is 18.0. The second kappa shape index (κ2) is 6.77. The van der Waals surface area contributed by atoms with Gasteiger partial charge in [0.2, 0.25) is 5.91 Å². The van der Waals surface area contributed by atoms with E-state index in [1.54, 1.807) is 0 Å². The number of para-hydroxylation sites is 1. The van der Waals surface area contributed by atoms with Crippen molar-refractivity contribution in [1.82, 2.24) is 4.90 Å². The molecular formula is C16H25ClN2O2. The van der Waals surface area contributed by atoms with E-state index in [1.807, 2.05) is 6.07 Å². The number of carbonyl (C=O) groups is 1. The van der Waals surface area contributed by atoms with E-state index in [0.29, 0.717) is 0 Å². The molecule has 1 amide bonds. The number of benzene rings is 1. The molecule has 0 saturated carbocycles. The Kier molecular flexibility index (Phi) is 5.79. The van der Waals surface area contributed by atoms with Crippen LogP contribution in [0.15, 0.2) is 18.2 Å². The summed E-state index contributed by atoms with van der Waals surface area (Å²) in [6.07, 6.45) is 4.34. The van der Waals surface area contributed by atoms with Gasteiger partial charge >= 0.3 is 0 Å². The molecule has 0 aromatic heterocycles. The number of nitrogens with zero attached hydrogens (tertiary/aromatic N) is 1. The topological polar surface area (TPSA) is 63.8 Å². The molecule has 0 unspecified atom stereocenters. The van der Waals surface area contributed by atoms with Gasteiger partial charge in [-0.05, 0) is 63.7 Å². The summed E-state index contributed by atoms with van der Waals surface area (Å²) < 4.78 is 0. The van der Waals surface area contributed by atoms with Crippen molar-refractivity contribution in [3.63, 3.8) is 0 Å². The van der Waals surface area contributed by atoms with Gasteiger partial charge in [-0.3, -0.25) is 9.69 Å². The predicted molar refractivity (Wildman–Crippen MR) is 88.2 cm³/mol. The number of aryl methyl sites for hydroxylation is 2. The zero-order valence-corrected chi connectivity index (χ0v) is 13.6. The summed E-state index contributed by atoms with van der Waals surface area (Å²) in [7, 11) is 0. The van der Waals surface area contributed by atoms with Crippen LogP contribution in [0.3, 0.4) is 0 Å². The van der Waals surface area contributed by atoms with Crippen molar-refractivity contribution in [1.29, 1.82) is 0 Å². The summed E-state index contributed by atoms with van der Waals surface area (Å²) in [4.78, 5) is 15.2. The maximum Gasteiger partial charge on any atom is 0.244 e. The fourth-order valence-electron chi connectivity index (χ4n) is 3.72. The number of amides is 1. The predicted octanol–water partition coefficient (Wildman–Crippen LogP) is 2.47. The van der Waals surface area contributed by atoms with E-state index in [9.17, 15) is 4.79 Å². The largest absolute Gasteiger partial charge is 0.412 e. The van der Waals surface area contributed by atoms with E-state index in [1.165, 1.54) is 0 Å². The Hall–Kier alpha value is -1.10. The number of hydrogen-bond acceptors (Lipinski definition) is 2. The van der Waals surface area contributed by atoms with Crippen LogP contribution in [0, 0.1) is 13.8 Å². The first-order valence-electron chi connectivity index (χ1n) is 7.26. The zero-order valence-electron chi connectivity index (χ0n) is 12.7. The average molecular weight is 313 g/mol. The molecule has 2 fully saturated rings. The molecule has 0 radical (unpaired) electrons. The molecule has 2 aliphatic heterocycles. The Morgan fingerprint density at radius 1 is 1.14 bits per heavy atom. The molecule has 1 aromatic rings. The second-order valence-corrected chi connectivity index (χ2v) is 5.95. The SMILES string of the molecule is Cc1cccc(C)c1NC(=O)C12CCCN1CCC2.Cl.O. The van der Waals surface area contributed by atoms with Gasteiger partial charge in [0.05, 0.1) is 0 Å². The van der Waals surface area contributed by atoms with Crippen LogP contribution in [0.2, 0.25) is 0 Å². The standard InChI is InChI=1S/C16H22N2O.ClH.H2O/c1-12-6-3-7-13(2)14(12)17-15(19)16-8-4-10-18(16)11-5-9-16;;/h3,6-7H,4-5,8-11H2,1-2H3,(H,17,19);1H;1H2. The highest BCUT2D eigenvalue weighted by Crippen LogP contribution is 2.40. The molecule has 0 bridgehead atoms. The second-order valence-electron chi connectivity index (χ2n) is 5.95. The number of anilines is 1. The van der Waals surface area contributed by atoms with Crippen molar-refractivity contribution in [2.45, 2.75) is 45.1 Å². The van der Waals surface area contributed by atoms with E-state index in [-0.39, 0.29) is 29.3 Å². The van der Waals surface area contributed by atoms with Crippen LogP contribution in [-0.2, 0) is 4.79 Å². The smallest absolute Gasteiger partial charge is 0.244 e. The number of carbonyl (C=O) groups excluding carboxylic acids is 1. The minimum Gasteiger partial charge on any atom is -0.412 e. The molecule has 0 aliphatic carbocycles. The number of halogens is 1. The van der Waals surface area contributed by atoms with Crippen LogP contribution in [0.4, 0.5) is 5.69 Å². The fraction of sp³-hybridized carbons (Fsp3) is 0.562. The first-order chi connectivity index (χ1) is 9.13. The quantitative estimate of drug-likeness (QED) is 0.911. The summed E-state index contributed by atoms with van der Waals surface area (Å²) >= 11 is 0. The molecule has 3 rings (SSSR count). The molecule has 0 atom stereocenters. The van der Waals surface area contributed by atoms with E-state index in [0.717, 1.165) is 55.6 Å². The third-order valence-electron chi connectivity index (χ3n) is 4.78. The van der Waals surface area contributed by atoms with Crippen molar-refractivity contribution < 1.29 is 10.3 Å². The van der Waals surface area contributed by atoms with Gasteiger partial charge in [-0.15, -0.1) is 12.4 Å². The van der Waals surface area contributed by atoms with Crippen LogP contribution >= 0.6 is 12.4 Å². The van der Waals surface area contributed by atoms with Crippen molar-refractivity contribution in [2.75, 3.05) is 18.4 Å². The summed E-state index contributed by atoms with van der Waals surface area (Å²) in [6, 6.07) is 6.15. The molecular weight excluding hydrogens is 288 g/mol. The van der Waals surface area contributed by atoms with Gasteiger partial charge in [0.1, 0.15) is 5.54 Å². The van der Waals surface area contributed by atoms with Crippen LogP contribution < -0.4 is 5.32 Å². The summed E-state index contributed by atoms with van der Waals surface area (Å²) in [5, 5.41) is 3.20. The van der Waals surface area contributed by atoms with Crippen molar-refractivity contribution in [3.05, 3.63) is 29.3 Å². The van der Waals surface area contributed by atoms with Gasteiger partial charge in [-0.25, -0.2) is 0 Å². The highest BCUT2D eigenvalue weighted by molar-refractivity contribution is 5.99. The Morgan fingerprint density at radius 2 is 1.67 bits per heavy atom. The van der Waals surface area contributed by atoms with Crippen molar-refractivity contribution in [3.8, 4) is 0 Å². The van der Waals surface area contributed by atoms with Gasteiger partial charge in [-0.1, -0.05) is 18.2 Å². The van der Waals surface area contributed by atoms with Gasteiger partial charge in [0, 0.05) is 5.69 Å². The molecule has 2 aliphatic rings. The maximum absolute atomic E-state index is 12.8. The van der Waals surface area contributed by atoms with E-state index >= 15 is 0 Å². The van der Waals surface area contributed by atoms with Gasteiger partial charge in [0.25, 0.3) is 0 Å². The summed E-state index contributed by atoms with van der Waals surface area (Å²) in [5.74, 6) is 0.208. The van der Waals surface area contributed by atoms with Crippen LogP contribution in [0.5, 0.6) is 0 Å². The third-order valence-corrected chi connectivity index (χ3v) is 4.78. The molecule has 2 heterocycles. The normalized spacial score (nSPS) is 19.3. The average Bonchev–Trinajstić information content (AvgIpc) is 2.93. The monoisotopic (exact) mass is 312 g/mol. The van der Waals surface area contributed by atoms with Crippen LogP contribution in [0.1, 0.15) is 36.8 Å². The lowest BCUT2D eigenvalue weighted by Gasteiger charge is -2.31. The van der Waals surface area contributed by atoms with Crippen molar-refractivity contribution in [2.24, 2.45) is 0 Å². The van der Waals surface area contributed by atoms with Crippen LogP contribution in [-0.4, -0.2) is 34.9 Å². The zero-order chi connectivity index (χ0) is 13.5. The minimum absolute atomic E-state index is 0. The van der Waals surface area contributed by atoms with Gasteiger partial charge < -0.3 is 10.8 Å². The molecule has 21 heavy (non-hydrogen) atoms. The van der Waals surface area contributed by atoms with E-state index < -0.39 is 0 Å². The summed E-state index contributed by atoms with van der Waals surface area (Å²) in [6.45, 7) is 6.28. The van der Waals surface area contributed by atoms with E-state index in [4.69, 9.17) is 0 Å². The Labute approximate surface area is 132 Å². The molecule has 3 N–H and O–H groups in total. The maximum atomic E-state index is 12.8. The van der Waals surface area contributed by atoms with Gasteiger partial charge in [-0.2, -0.15) is 0 Å². The number of fused-ring (bicyclic) bond motifs is 1. The highest BCUT2D eigenvalue weighted by Gasteiger charge is 2.50. The number of nitrogens with one attached hydrogen (secondary N) is 1. The van der Waals surface area contributed by atoms with Crippen molar-refractivity contribution >= 4 is 24.0 Å². The molecule has 5 heteroatoms. The highest BCUT2D eigenvalue weighted by atomic mass is 35.5. The fourth-order valence-corrected chi connectivity index (χ4v) is 3.72. The number of hydrogen-bond donors (Lipinski definition) is 1. The Morgan fingerprint density at radius 3 is 2.19 bits per heavy atom. The van der Waals surface area contributed by atoms with Gasteiger partial charge in [0.15, 0.2) is 0 Å². The lowest BCUT2D eigenvalue weighted by atomic mass is 9.92. The van der Waals surface area contributed by atoms with E-state index in [2.05, 4.69) is 36.2 Å². The molecule has 0 spiro atoms. The molecule has 1 aromatic carbocycles.